The van der Waals surface area contributed by atoms with E-state index in [0.717, 1.165) is 3.57 Å². The molecule has 1 N–H and O–H groups in total. The number of amides is 1. The van der Waals surface area contributed by atoms with Crippen LogP contribution in [-0.2, 0) is 0 Å². The molecule has 3 nitrogen and oxygen atoms in total. The maximum Gasteiger partial charge on any atom is 0.252 e. The Morgan fingerprint density at radius 1 is 1.38 bits per heavy atom. The van der Waals surface area contributed by atoms with Crippen LogP contribution in [0.4, 0.5) is 0 Å². The average molecular weight is 328 g/mol. The van der Waals surface area contributed by atoms with Crippen molar-refractivity contribution in [1.82, 2.24) is 5.32 Å². The van der Waals surface area contributed by atoms with Crippen LogP contribution in [0.15, 0.2) is 24.3 Å². The smallest absolute Gasteiger partial charge is 0.252 e. The van der Waals surface area contributed by atoms with Crippen LogP contribution < -0.4 is 5.32 Å². The van der Waals surface area contributed by atoms with E-state index in [2.05, 4.69) is 34.0 Å². The normalized spacial score (nSPS) is 11.9. The highest BCUT2D eigenvalue weighted by molar-refractivity contribution is 14.1. The van der Waals surface area contributed by atoms with Crippen molar-refractivity contribution in [2.24, 2.45) is 5.92 Å². The molecule has 4 heteroatoms. The summed E-state index contributed by atoms with van der Waals surface area (Å²) in [6, 6.07) is 8.89. The van der Waals surface area contributed by atoms with Gasteiger partial charge in [-0.1, -0.05) is 13.8 Å². The van der Waals surface area contributed by atoms with Crippen LogP contribution in [0.2, 0.25) is 0 Å². The van der Waals surface area contributed by atoms with Gasteiger partial charge >= 0.3 is 0 Å². The molecule has 0 bridgehead atoms. The van der Waals surface area contributed by atoms with Crippen molar-refractivity contribution in [2.75, 3.05) is 0 Å². The summed E-state index contributed by atoms with van der Waals surface area (Å²) in [7, 11) is 0. The van der Waals surface area contributed by atoms with Gasteiger partial charge in [0.15, 0.2) is 0 Å². The summed E-state index contributed by atoms with van der Waals surface area (Å²) in [4.78, 5) is 11.8. The van der Waals surface area contributed by atoms with Gasteiger partial charge < -0.3 is 5.32 Å². The largest absolute Gasteiger partial charge is 0.336 e. The Labute approximate surface area is 109 Å². The van der Waals surface area contributed by atoms with Crippen LogP contribution in [-0.4, -0.2) is 11.9 Å². The highest BCUT2D eigenvalue weighted by Gasteiger charge is 2.15. The molecule has 0 saturated heterocycles. The lowest BCUT2D eigenvalue weighted by Gasteiger charge is -2.14. The highest BCUT2D eigenvalue weighted by atomic mass is 127. The average Bonchev–Trinajstić information content (AvgIpc) is 2.26. The molecule has 1 unspecified atom stereocenters. The summed E-state index contributed by atoms with van der Waals surface area (Å²) in [5.74, 6) is -0.0885. The predicted octanol–water partition coefficient (Wildman–Crippen LogP) is 2.57. The first kappa shape index (κ1) is 13.0. The van der Waals surface area contributed by atoms with E-state index in [9.17, 15) is 4.79 Å². The van der Waals surface area contributed by atoms with Crippen LogP contribution in [0, 0.1) is 20.8 Å². The molecule has 1 atom stereocenters. The van der Waals surface area contributed by atoms with E-state index in [1.807, 2.05) is 26.0 Å². The van der Waals surface area contributed by atoms with Gasteiger partial charge in [0.25, 0.3) is 5.91 Å². The number of hydrogen-bond acceptors (Lipinski definition) is 2. The number of benzene rings is 1. The molecule has 0 heterocycles. The van der Waals surface area contributed by atoms with E-state index in [4.69, 9.17) is 5.26 Å². The predicted molar refractivity (Wildman–Crippen MR) is 70.9 cm³/mol. The molecular formula is C12H13IN2O. The van der Waals surface area contributed by atoms with Gasteiger partial charge in [-0.25, -0.2) is 0 Å². The van der Waals surface area contributed by atoms with Crippen LogP contribution in [0.5, 0.6) is 0 Å². The fraction of sp³-hybridized carbons (Fsp3) is 0.333. The summed E-state index contributed by atoms with van der Waals surface area (Å²) >= 11 is 2.18. The number of hydrogen-bond donors (Lipinski definition) is 1. The third kappa shape index (κ3) is 3.49. The van der Waals surface area contributed by atoms with E-state index in [0.29, 0.717) is 5.56 Å². The third-order valence-electron chi connectivity index (χ3n) is 2.20. The number of nitrogens with zero attached hydrogens (tertiary/aromatic N) is 1. The molecule has 0 saturated carbocycles. The second-order valence-electron chi connectivity index (χ2n) is 3.83. The lowest BCUT2D eigenvalue weighted by Crippen LogP contribution is -2.37. The van der Waals surface area contributed by atoms with Crippen LogP contribution >= 0.6 is 22.6 Å². The second-order valence-corrected chi connectivity index (χ2v) is 5.08. The standard InChI is InChI=1S/C12H13IN2O/c1-8(2)11(7-14)15-12(16)9-3-5-10(13)6-4-9/h3-6,8,11H,1-2H3,(H,15,16). The molecule has 0 aliphatic heterocycles. The number of nitrogens with one attached hydrogen (secondary N) is 1. The van der Waals surface area contributed by atoms with Crippen molar-refractivity contribution in [3.05, 3.63) is 33.4 Å². The number of nitriles is 1. The fourth-order valence-corrected chi connectivity index (χ4v) is 1.53. The Morgan fingerprint density at radius 3 is 2.38 bits per heavy atom. The lowest BCUT2D eigenvalue weighted by atomic mass is 10.1. The summed E-state index contributed by atoms with van der Waals surface area (Å²) in [6.45, 7) is 3.81. The first-order valence-electron chi connectivity index (χ1n) is 5.00. The van der Waals surface area contributed by atoms with E-state index in [1.54, 1.807) is 12.1 Å². The molecule has 1 rings (SSSR count). The molecular weight excluding hydrogens is 315 g/mol. The van der Waals surface area contributed by atoms with Crippen molar-refractivity contribution in [3.8, 4) is 6.07 Å². The second kappa shape index (κ2) is 5.85. The zero-order chi connectivity index (χ0) is 12.1. The van der Waals surface area contributed by atoms with Crippen molar-refractivity contribution in [2.45, 2.75) is 19.9 Å². The SMILES string of the molecule is CC(C)C(C#N)NC(=O)c1ccc(I)cc1. The molecule has 84 valence electrons. The zero-order valence-electron chi connectivity index (χ0n) is 9.20. The van der Waals surface area contributed by atoms with Crippen molar-refractivity contribution >= 4 is 28.5 Å². The zero-order valence-corrected chi connectivity index (χ0v) is 11.4. The number of carbonyl (C=O) groups excluding carboxylic acids is 1. The van der Waals surface area contributed by atoms with Gasteiger partial charge in [0.05, 0.1) is 6.07 Å². The van der Waals surface area contributed by atoms with Crippen molar-refractivity contribution in [3.63, 3.8) is 0 Å². The molecule has 0 aliphatic carbocycles. The van der Waals surface area contributed by atoms with Crippen molar-refractivity contribution in [1.29, 1.82) is 5.26 Å². The first-order chi connectivity index (χ1) is 7.54. The quantitative estimate of drug-likeness (QED) is 0.867. The Morgan fingerprint density at radius 2 is 1.94 bits per heavy atom. The Balaban J connectivity index is 2.73. The molecule has 0 radical (unpaired) electrons. The first-order valence-corrected chi connectivity index (χ1v) is 6.08. The van der Waals surface area contributed by atoms with Gasteiger partial charge in [0.2, 0.25) is 0 Å². The Bertz CT molecular complexity index is 406. The fourth-order valence-electron chi connectivity index (χ4n) is 1.17. The maximum absolute atomic E-state index is 11.8. The minimum Gasteiger partial charge on any atom is -0.336 e. The van der Waals surface area contributed by atoms with Gasteiger partial charge in [-0.3, -0.25) is 4.79 Å². The van der Waals surface area contributed by atoms with Crippen LogP contribution in [0.25, 0.3) is 0 Å². The third-order valence-corrected chi connectivity index (χ3v) is 2.92. The molecule has 1 aromatic carbocycles. The van der Waals surface area contributed by atoms with Gasteiger partial charge in [-0.2, -0.15) is 5.26 Å². The molecule has 1 aromatic rings. The summed E-state index contributed by atoms with van der Waals surface area (Å²) in [5, 5.41) is 11.6. The van der Waals surface area contributed by atoms with Crippen LogP contribution in [0.3, 0.4) is 0 Å². The maximum atomic E-state index is 11.8. The van der Waals surface area contributed by atoms with Crippen molar-refractivity contribution < 1.29 is 4.79 Å². The minimum absolute atomic E-state index is 0.109. The van der Waals surface area contributed by atoms with Crippen LogP contribution in [0.1, 0.15) is 24.2 Å². The molecule has 0 aromatic heterocycles. The summed E-state index contributed by atoms with van der Waals surface area (Å²) in [5.41, 5.74) is 0.585. The van der Waals surface area contributed by atoms with Gasteiger partial charge in [-0.05, 0) is 52.8 Å². The monoisotopic (exact) mass is 328 g/mol. The summed E-state index contributed by atoms with van der Waals surface area (Å²) < 4.78 is 1.08. The number of halogens is 1. The topological polar surface area (TPSA) is 52.9 Å². The van der Waals surface area contributed by atoms with Gasteiger partial charge in [0, 0.05) is 9.13 Å². The van der Waals surface area contributed by atoms with E-state index >= 15 is 0 Å². The number of rotatable bonds is 3. The highest BCUT2D eigenvalue weighted by Crippen LogP contribution is 2.08. The van der Waals surface area contributed by atoms with E-state index in [1.165, 1.54) is 0 Å². The molecule has 0 aliphatic rings. The molecule has 0 fully saturated rings. The number of carbonyl (C=O) groups is 1. The van der Waals surface area contributed by atoms with E-state index < -0.39 is 6.04 Å². The Hall–Kier alpha value is -1.09. The van der Waals surface area contributed by atoms with E-state index in [-0.39, 0.29) is 11.8 Å². The summed E-state index contributed by atoms with van der Waals surface area (Å²) in [6.07, 6.45) is 0. The molecule has 1 amide bonds. The molecule has 0 spiro atoms. The molecule has 16 heavy (non-hydrogen) atoms. The van der Waals surface area contributed by atoms with Gasteiger partial charge in [0.1, 0.15) is 6.04 Å². The van der Waals surface area contributed by atoms with Gasteiger partial charge in [-0.15, -0.1) is 0 Å². The Kier molecular flexibility index (Phi) is 4.74. The lowest BCUT2D eigenvalue weighted by molar-refractivity contribution is 0.0937. The minimum atomic E-state index is -0.438.